The smallest absolute Gasteiger partial charge is 0.390 e. The lowest BCUT2D eigenvalue weighted by atomic mass is 10.3. The monoisotopic (exact) mass is 319 g/mol. The molecule has 0 aliphatic heterocycles. The number of aliphatic imine (C=N–C) groups is 1. The first-order chi connectivity index (χ1) is 10.4. The maximum atomic E-state index is 12.0. The van der Waals surface area contributed by atoms with E-state index in [2.05, 4.69) is 15.6 Å². The minimum Gasteiger partial charge on any atom is -0.497 e. The Kier molecular flexibility index (Phi) is 7.34. The maximum Gasteiger partial charge on any atom is 0.390 e. The summed E-state index contributed by atoms with van der Waals surface area (Å²) in [5, 5.41) is 5.46. The van der Waals surface area contributed by atoms with Crippen molar-refractivity contribution in [3.05, 3.63) is 24.3 Å². The van der Waals surface area contributed by atoms with Gasteiger partial charge in [0.05, 0.1) is 20.1 Å². The van der Waals surface area contributed by atoms with Crippen LogP contribution in [0.1, 0.15) is 6.42 Å². The van der Waals surface area contributed by atoms with Crippen LogP contribution in [0, 0.1) is 0 Å². The van der Waals surface area contributed by atoms with Crippen molar-refractivity contribution < 1.29 is 22.6 Å². The van der Waals surface area contributed by atoms with Gasteiger partial charge in [0.2, 0.25) is 0 Å². The van der Waals surface area contributed by atoms with E-state index in [9.17, 15) is 13.2 Å². The van der Waals surface area contributed by atoms with Crippen LogP contribution in [0.25, 0.3) is 0 Å². The molecule has 0 aromatic heterocycles. The van der Waals surface area contributed by atoms with Crippen LogP contribution >= 0.6 is 0 Å². The zero-order chi connectivity index (χ0) is 16.4. The molecule has 0 amide bonds. The van der Waals surface area contributed by atoms with Gasteiger partial charge in [-0.05, 0) is 24.3 Å². The lowest BCUT2D eigenvalue weighted by Crippen LogP contribution is -2.40. The molecule has 0 spiro atoms. The van der Waals surface area contributed by atoms with Gasteiger partial charge in [0.15, 0.2) is 5.96 Å². The van der Waals surface area contributed by atoms with Crippen LogP contribution in [0.4, 0.5) is 13.2 Å². The van der Waals surface area contributed by atoms with E-state index in [1.165, 1.54) is 7.05 Å². The molecule has 0 unspecified atom stereocenters. The largest absolute Gasteiger partial charge is 0.497 e. The van der Waals surface area contributed by atoms with E-state index in [0.29, 0.717) is 24.9 Å². The molecular formula is C14H20F3N3O2. The van der Waals surface area contributed by atoms with Crippen LogP contribution in [0.3, 0.4) is 0 Å². The van der Waals surface area contributed by atoms with Crippen molar-refractivity contribution in [2.24, 2.45) is 4.99 Å². The molecule has 124 valence electrons. The fraction of sp³-hybridized carbons (Fsp3) is 0.500. The molecule has 0 aliphatic carbocycles. The van der Waals surface area contributed by atoms with Crippen LogP contribution in [0.5, 0.6) is 11.5 Å². The molecule has 0 aliphatic rings. The highest BCUT2D eigenvalue weighted by molar-refractivity contribution is 5.79. The Labute approximate surface area is 127 Å². The second-order valence-corrected chi connectivity index (χ2v) is 4.31. The van der Waals surface area contributed by atoms with Crippen LogP contribution in [-0.4, -0.2) is 46.0 Å². The molecule has 1 aromatic carbocycles. The van der Waals surface area contributed by atoms with E-state index >= 15 is 0 Å². The average Bonchev–Trinajstić information content (AvgIpc) is 2.49. The number of nitrogens with one attached hydrogen (secondary N) is 2. The number of guanidine groups is 1. The van der Waals surface area contributed by atoms with Gasteiger partial charge in [-0.2, -0.15) is 13.2 Å². The second kappa shape index (κ2) is 9.01. The number of nitrogens with zero attached hydrogens (tertiary/aromatic N) is 1. The Hall–Kier alpha value is -2.12. The Morgan fingerprint density at radius 3 is 2.23 bits per heavy atom. The number of methoxy groups -OCH3 is 1. The highest BCUT2D eigenvalue weighted by atomic mass is 19.4. The predicted molar refractivity (Wildman–Crippen MR) is 78.5 cm³/mol. The molecule has 8 heteroatoms. The first-order valence-electron chi connectivity index (χ1n) is 6.72. The summed E-state index contributed by atoms with van der Waals surface area (Å²) < 4.78 is 46.6. The molecule has 0 heterocycles. The number of halogens is 3. The molecule has 0 radical (unpaired) electrons. The molecule has 0 bridgehead atoms. The van der Waals surface area contributed by atoms with Gasteiger partial charge >= 0.3 is 6.18 Å². The van der Waals surface area contributed by atoms with E-state index in [1.54, 1.807) is 31.4 Å². The predicted octanol–water partition coefficient (Wildman–Crippen LogP) is 2.19. The Morgan fingerprint density at radius 1 is 1.09 bits per heavy atom. The van der Waals surface area contributed by atoms with Crippen molar-refractivity contribution in [2.45, 2.75) is 12.6 Å². The lowest BCUT2D eigenvalue weighted by Gasteiger charge is -2.13. The Bertz CT molecular complexity index is 461. The number of hydrogen-bond acceptors (Lipinski definition) is 3. The summed E-state index contributed by atoms with van der Waals surface area (Å²) in [5.41, 5.74) is 0. The average molecular weight is 319 g/mol. The molecule has 1 rings (SSSR count). The van der Waals surface area contributed by atoms with Crippen LogP contribution in [-0.2, 0) is 0 Å². The van der Waals surface area contributed by atoms with Gasteiger partial charge in [0, 0.05) is 13.6 Å². The van der Waals surface area contributed by atoms with E-state index < -0.39 is 12.6 Å². The van der Waals surface area contributed by atoms with Gasteiger partial charge in [-0.3, -0.25) is 4.99 Å². The number of hydrogen-bond donors (Lipinski definition) is 2. The van der Waals surface area contributed by atoms with Crippen molar-refractivity contribution in [1.82, 2.24) is 10.6 Å². The first kappa shape index (κ1) is 17.9. The van der Waals surface area contributed by atoms with E-state index in [-0.39, 0.29) is 6.54 Å². The molecular weight excluding hydrogens is 299 g/mol. The van der Waals surface area contributed by atoms with Gasteiger partial charge in [0.1, 0.15) is 18.1 Å². The van der Waals surface area contributed by atoms with Crippen molar-refractivity contribution in [3.63, 3.8) is 0 Å². The summed E-state index contributed by atoms with van der Waals surface area (Å²) in [6.07, 6.45) is -5.08. The van der Waals surface area contributed by atoms with E-state index in [0.717, 1.165) is 5.75 Å². The number of ether oxygens (including phenoxy) is 2. The van der Waals surface area contributed by atoms with E-state index in [4.69, 9.17) is 9.47 Å². The van der Waals surface area contributed by atoms with Gasteiger partial charge in [-0.1, -0.05) is 0 Å². The normalized spacial score (nSPS) is 12.0. The lowest BCUT2D eigenvalue weighted by molar-refractivity contribution is -0.132. The minimum absolute atomic E-state index is 0.220. The fourth-order valence-corrected chi connectivity index (χ4v) is 1.55. The van der Waals surface area contributed by atoms with Crippen LogP contribution in [0.15, 0.2) is 29.3 Å². The summed E-state index contributed by atoms with van der Waals surface area (Å²) in [4.78, 5) is 3.83. The summed E-state index contributed by atoms with van der Waals surface area (Å²) >= 11 is 0. The highest BCUT2D eigenvalue weighted by Crippen LogP contribution is 2.18. The molecule has 0 saturated carbocycles. The Morgan fingerprint density at radius 2 is 1.68 bits per heavy atom. The van der Waals surface area contributed by atoms with Crippen molar-refractivity contribution in [2.75, 3.05) is 33.9 Å². The second-order valence-electron chi connectivity index (χ2n) is 4.31. The molecule has 1 aromatic rings. The highest BCUT2D eigenvalue weighted by Gasteiger charge is 2.26. The third kappa shape index (κ3) is 7.61. The van der Waals surface area contributed by atoms with Crippen LogP contribution < -0.4 is 20.1 Å². The van der Waals surface area contributed by atoms with Gasteiger partial charge in [0.25, 0.3) is 0 Å². The fourth-order valence-electron chi connectivity index (χ4n) is 1.55. The van der Waals surface area contributed by atoms with Crippen LogP contribution in [0.2, 0.25) is 0 Å². The third-order valence-electron chi connectivity index (χ3n) is 2.65. The van der Waals surface area contributed by atoms with Crippen molar-refractivity contribution in [1.29, 1.82) is 0 Å². The zero-order valence-corrected chi connectivity index (χ0v) is 12.5. The number of benzene rings is 1. The Balaban J connectivity index is 2.21. The van der Waals surface area contributed by atoms with Gasteiger partial charge < -0.3 is 20.1 Å². The molecule has 5 nitrogen and oxygen atoms in total. The molecule has 0 saturated heterocycles. The topological polar surface area (TPSA) is 54.9 Å². The number of alkyl halides is 3. The molecule has 22 heavy (non-hydrogen) atoms. The van der Waals surface area contributed by atoms with Gasteiger partial charge in [-0.15, -0.1) is 0 Å². The SMILES string of the molecule is CN=C(NCCOc1ccc(OC)cc1)NCCC(F)(F)F. The summed E-state index contributed by atoms with van der Waals surface area (Å²) in [6, 6.07) is 7.10. The third-order valence-corrected chi connectivity index (χ3v) is 2.65. The van der Waals surface area contributed by atoms with Crippen molar-refractivity contribution in [3.8, 4) is 11.5 Å². The molecule has 0 atom stereocenters. The zero-order valence-electron chi connectivity index (χ0n) is 12.5. The summed E-state index contributed by atoms with van der Waals surface area (Å²) in [7, 11) is 3.07. The van der Waals surface area contributed by atoms with Gasteiger partial charge in [-0.25, -0.2) is 0 Å². The maximum absolute atomic E-state index is 12.0. The van der Waals surface area contributed by atoms with E-state index in [1.807, 2.05) is 0 Å². The van der Waals surface area contributed by atoms with Crippen molar-refractivity contribution >= 4 is 5.96 Å². The summed E-state index contributed by atoms with van der Waals surface area (Å²) in [5.74, 6) is 1.73. The quantitative estimate of drug-likeness (QED) is 0.459. The molecule has 0 fully saturated rings. The minimum atomic E-state index is -4.18. The first-order valence-corrected chi connectivity index (χ1v) is 6.72. The standard InChI is InChI=1S/C14H20F3N3O2/c1-18-13(19-8-7-14(15,16)17)20-9-10-22-12-5-3-11(21-2)4-6-12/h3-6H,7-10H2,1-2H3,(H2,18,19,20). The molecule has 2 N–H and O–H groups in total. The number of rotatable bonds is 7. The summed E-state index contributed by atoms with van der Waals surface area (Å²) in [6.45, 7) is 0.548.